The van der Waals surface area contributed by atoms with E-state index in [-0.39, 0.29) is 12.5 Å². The molecule has 0 aromatic carbocycles. The first-order valence-electron chi connectivity index (χ1n) is 7.69. The van der Waals surface area contributed by atoms with E-state index in [4.69, 9.17) is 9.47 Å². The largest absolute Gasteiger partial charge is 0.481 e. The summed E-state index contributed by atoms with van der Waals surface area (Å²) in [5.74, 6) is -1.03. The van der Waals surface area contributed by atoms with Crippen LogP contribution < -0.4 is 5.32 Å². The molecular formula is C15H25NO5. The van der Waals surface area contributed by atoms with Crippen molar-refractivity contribution < 1.29 is 24.2 Å². The van der Waals surface area contributed by atoms with Gasteiger partial charge in [-0.05, 0) is 25.7 Å². The molecule has 0 atom stereocenters. The molecule has 2 N–H and O–H groups in total. The van der Waals surface area contributed by atoms with Crippen molar-refractivity contribution in [2.75, 3.05) is 26.9 Å². The van der Waals surface area contributed by atoms with Crippen molar-refractivity contribution in [2.24, 2.45) is 5.41 Å². The molecule has 120 valence electrons. The highest BCUT2D eigenvalue weighted by atomic mass is 16.5. The second-order valence-electron chi connectivity index (χ2n) is 6.14. The standard InChI is InChI=1S/C15H25NO5/c1-20-15(5-3-2-4-6-15)12(17)16-11-14(13(18)19)7-9-21-10-8-14/h2-11H2,1H3,(H,16,17)(H,18,19). The third kappa shape index (κ3) is 3.37. The quantitative estimate of drug-likeness (QED) is 0.800. The van der Waals surface area contributed by atoms with Gasteiger partial charge in [0.05, 0.1) is 5.41 Å². The highest BCUT2D eigenvalue weighted by molar-refractivity contribution is 5.86. The van der Waals surface area contributed by atoms with Crippen molar-refractivity contribution in [3.05, 3.63) is 0 Å². The van der Waals surface area contributed by atoms with Gasteiger partial charge in [-0.15, -0.1) is 0 Å². The van der Waals surface area contributed by atoms with Gasteiger partial charge in [0.15, 0.2) is 0 Å². The van der Waals surface area contributed by atoms with E-state index < -0.39 is 17.0 Å². The zero-order valence-corrected chi connectivity index (χ0v) is 12.7. The number of hydrogen-bond donors (Lipinski definition) is 2. The van der Waals surface area contributed by atoms with Crippen LogP contribution >= 0.6 is 0 Å². The highest BCUT2D eigenvalue weighted by Crippen LogP contribution is 2.33. The summed E-state index contributed by atoms with van der Waals surface area (Å²) in [5.41, 5.74) is -1.68. The molecule has 1 aliphatic heterocycles. The van der Waals surface area contributed by atoms with Crippen molar-refractivity contribution in [3.8, 4) is 0 Å². The SMILES string of the molecule is COC1(C(=O)NCC2(C(=O)O)CCOCC2)CCCCC1. The Bertz CT molecular complexity index is 384. The lowest BCUT2D eigenvalue weighted by Gasteiger charge is -2.37. The van der Waals surface area contributed by atoms with Gasteiger partial charge < -0.3 is 19.9 Å². The molecule has 0 spiro atoms. The molecule has 0 bridgehead atoms. The molecule has 6 heteroatoms. The monoisotopic (exact) mass is 299 g/mol. The molecule has 1 saturated heterocycles. The summed E-state index contributed by atoms with van der Waals surface area (Å²) < 4.78 is 10.7. The molecule has 1 amide bonds. The topological polar surface area (TPSA) is 84.9 Å². The smallest absolute Gasteiger partial charge is 0.311 e. The zero-order chi connectivity index (χ0) is 15.3. The summed E-state index contributed by atoms with van der Waals surface area (Å²) in [6, 6.07) is 0. The van der Waals surface area contributed by atoms with Crippen molar-refractivity contribution >= 4 is 11.9 Å². The average molecular weight is 299 g/mol. The summed E-state index contributed by atoms with van der Waals surface area (Å²) in [5, 5.41) is 12.3. The Labute approximate surface area is 125 Å². The Balaban J connectivity index is 1.99. The van der Waals surface area contributed by atoms with Gasteiger partial charge in [-0.2, -0.15) is 0 Å². The van der Waals surface area contributed by atoms with Crippen LogP contribution in [0.3, 0.4) is 0 Å². The van der Waals surface area contributed by atoms with Crippen LogP contribution in [-0.4, -0.2) is 49.5 Å². The second kappa shape index (κ2) is 6.75. The molecule has 0 aromatic rings. The average Bonchev–Trinajstić information content (AvgIpc) is 2.54. The summed E-state index contributed by atoms with van der Waals surface area (Å²) in [4.78, 5) is 24.1. The van der Waals surface area contributed by atoms with E-state index in [9.17, 15) is 14.7 Å². The summed E-state index contributed by atoms with van der Waals surface area (Å²) in [6.45, 7) is 1.00. The van der Waals surface area contributed by atoms with Crippen LogP contribution in [0.2, 0.25) is 0 Å². The number of carbonyl (C=O) groups excluding carboxylic acids is 1. The van der Waals surface area contributed by atoms with E-state index in [1.165, 1.54) is 0 Å². The maximum absolute atomic E-state index is 12.5. The van der Waals surface area contributed by atoms with Gasteiger partial charge in [0.1, 0.15) is 5.60 Å². The van der Waals surface area contributed by atoms with Crippen LogP contribution in [0.25, 0.3) is 0 Å². The molecule has 2 fully saturated rings. The molecule has 2 aliphatic rings. The minimum atomic E-state index is -0.905. The highest BCUT2D eigenvalue weighted by Gasteiger charge is 2.44. The number of methoxy groups -OCH3 is 1. The van der Waals surface area contributed by atoms with Crippen LogP contribution in [0.5, 0.6) is 0 Å². The Hall–Kier alpha value is -1.14. The number of carbonyl (C=O) groups is 2. The van der Waals surface area contributed by atoms with Crippen molar-refractivity contribution in [1.29, 1.82) is 0 Å². The predicted molar refractivity (Wildman–Crippen MR) is 76.0 cm³/mol. The van der Waals surface area contributed by atoms with Crippen molar-refractivity contribution in [1.82, 2.24) is 5.32 Å². The number of ether oxygens (including phenoxy) is 2. The van der Waals surface area contributed by atoms with E-state index in [0.717, 1.165) is 19.3 Å². The van der Waals surface area contributed by atoms with Gasteiger partial charge in [0.2, 0.25) is 0 Å². The molecule has 0 aromatic heterocycles. The van der Waals surface area contributed by atoms with Gasteiger partial charge >= 0.3 is 5.97 Å². The lowest BCUT2D eigenvalue weighted by atomic mass is 9.79. The minimum Gasteiger partial charge on any atom is -0.481 e. The summed E-state index contributed by atoms with van der Waals surface area (Å²) >= 11 is 0. The molecule has 0 radical (unpaired) electrons. The molecule has 21 heavy (non-hydrogen) atoms. The Morgan fingerprint density at radius 3 is 2.29 bits per heavy atom. The Morgan fingerprint density at radius 2 is 1.76 bits per heavy atom. The number of nitrogens with one attached hydrogen (secondary N) is 1. The van der Waals surface area contributed by atoms with Gasteiger partial charge in [-0.25, -0.2) is 0 Å². The molecule has 1 aliphatic carbocycles. The zero-order valence-electron chi connectivity index (χ0n) is 12.7. The molecule has 1 saturated carbocycles. The maximum atomic E-state index is 12.5. The van der Waals surface area contributed by atoms with Crippen LogP contribution in [-0.2, 0) is 19.1 Å². The number of hydrogen-bond acceptors (Lipinski definition) is 4. The lowest BCUT2D eigenvalue weighted by molar-refractivity contribution is -0.157. The van der Waals surface area contributed by atoms with Crippen LogP contribution in [0.15, 0.2) is 0 Å². The number of aliphatic carboxylic acids is 1. The molecule has 6 nitrogen and oxygen atoms in total. The maximum Gasteiger partial charge on any atom is 0.311 e. The fourth-order valence-corrected chi connectivity index (χ4v) is 3.29. The minimum absolute atomic E-state index is 0.148. The second-order valence-corrected chi connectivity index (χ2v) is 6.14. The first-order valence-corrected chi connectivity index (χ1v) is 7.69. The van der Waals surface area contributed by atoms with E-state index >= 15 is 0 Å². The van der Waals surface area contributed by atoms with E-state index in [0.29, 0.717) is 38.9 Å². The van der Waals surface area contributed by atoms with E-state index in [1.54, 1.807) is 7.11 Å². The molecule has 1 heterocycles. The Morgan fingerprint density at radius 1 is 1.14 bits per heavy atom. The van der Waals surface area contributed by atoms with Crippen LogP contribution in [0.4, 0.5) is 0 Å². The third-order valence-electron chi connectivity index (χ3n) is 4.96. The third-order valence-corrected chi connectivity index (χ3v) is 4.96. The van der Waals surface area contributed by atoms with Gasteiger partial charge in [-0.1, -0.05) is 19.3 Å². The summed E-state index contributed by atoms with van der Waals surface area (Å²) in [6.07, 6.45) is 5.34. The van der Waals surface area contributed by atoms with Crippen molar-refractivity contribution in [3.63, 3.8) is 0 Å². The van der Waals surface area contributed by atoms with Crippen LogP contribution in [0, 0.1) is 5.41 Å². The first-order chi connectivity index (χ1) is 10.0. The normalized spacial score (nSPS) is 24.2. The first kappa shape index (κ1) is 16.2. The summed E-state index contributed by atoms with van der Waals surface area (Å²) in [7, 11) is 1.56. The fourth-order valence-electron chi connectivity index (χ4n) is 3.29. The van der Waals surface area contributed by atoms with Gasteiger partial charge in [-0.3, -0.25) is 9.59 Å². The number of rotatable bonds is 5. The Kier molecular flexibility index (Phi) is 5.22. The van der Waals surface area contributed by atoms with Crippen molar-refractivity contribution in [2.45, 2.75) is 50.5 Å². The number of carboxylic acids is 1. The van der Waals surface area contributed by atoms with E-state index in [1.807, 2.05) is 0 Å². The molecular weight excluding hydrogens is 274 g/mol. The number of carboxylic acid groups (broad SMARTS) is 1. The van der Waals surface area contributed by atoms with Gasteiger partial charge in [0.25, 0.3) is 5.91 Å². The fraction of sp³-hybridized carbons (Fsp3) is 0.867. The lowest BCUT2D eigenvalue weighted by Crippen LogP contribution is -2.54. The van der Waals surface area contributed by atoms with Gasteiger partial charge in [0, 0.05) is 26.9 Å². The number of amides is 1. The van der Waals surface area contributed by atoms with Crippen LogP contribution in [0.1, 0.15) is 44.9 Å². The predicted octanol–water partition coefficient (Wildman–Crippen LogP) is 1.33. The molecule has 2 rings (SSSR count). The van der Waals surface area contributed by atoms with E-state index in [2.05, 4.69) is 5.32 Å². The molecule has 0 unspecified atom stereocenters.